The van der Waals surface area contributed by atoms with Crippen molar-refractivity contribution in [2.24, 2.45) is 0 Å². The molecule has 0 aromatic heterocycles. The van der Waals surface area contributed by atoms with Crippen molar-refractivity contribution in [1.82, 2.24) is 4.90 Å². The number of likely N-dealkylation sites (N-methyl/N-ethyl adjacent to an activating group) is 1. The molecule has 0 heterocycles. The second-order valence-corrected chi connectivity index (χ2v) is 5.68. The van der Waals surface area contributed by atoms with E-state index < -0.39 is 11.5 Å². The number of hydrogen-bond donors (Lipinski definition) is 1. The van der Waals surface area contributed by atoms with Gasteiger partial charge in [-0.2, -0.15) is 0 Å². The van der Waals surface area contributed by atoms with Crippen LogP contribution in [0, 0.1) is 13.8 Å². The van der Waals surface area contributed by atoms with Crippen molar-refractivity contribution in [1.29, 1.82) is 0 Å². The van der Waals surface area contributed by atoms with Crippen LogP contribution in [0.3, 0.4) is 0 Å². The highest BCUT2D eigenvalue weighted by Crippen LogP contribution is 2.19. The van der Waals surface area contributed by atoms with Crippen LogP contribution in [0.1, 0.15) is 31.4 Å². The Bertz CT molecular complexity index is 537. The van der Waals surface area contributed by atoms with Crippen LogP contribution in [0.15, 0.2) is 18.2 Å². The molecule has 0 aliphatic heterocycles. The number of benzene rings is 1. The molecule has 0 saturated carbocycles. The number of carboxylic acid groups (broad SMARTS) is 1. The Hall–Kier alpha value is -2.04. The summed E-state index contributed by atoms with van der Waals surface area (Å²) in [5, 5.41) is 9.11. The lowest BCUT2D eigenvalue weighted by Gasteiger charge is -2.31. The largest absolute Gasteiger partial charge is 0.493 e. The minimum atomic E-state index is -1.23. The first-order chi connectivity index (χ1) is 9.66. The maximum Gasteiger partial charge on any atom is 0.329 e. The van der Waals surface area contributed by atoms with Crippen LogP contribution < -0.4 is 4.74 Å². The van der Waals surface area contributed by atoms with Crippen LogP contribution in [-0.4, -0.2) is 41.1 Å². The molecule has 0 saturated heterocycles. The Morgan fingerprint density at radius 3 is 2.48 bits per heavy atom. The standard InChI is InChI=1S/C16H23NO4/c1-11-6-7-12(2)13(10-11)21-9-8-14(18)17(5)16(3,4)15(19)20/h6-7,10H,8-9H2,1-5H3,(H,19,20). The van der Waals surface area contributed by atoms with Gasteiger partial charge >= 0.3 is 5.97 Å². The molecule has 1 N–H and O–H groups in total. The zero-order chi connectivity index (χ0) is 16.2. The Kier molecular flexibility index (Phi) is 5.35. The molecule has 5 nitrogen and oxygen atoms in total. The molecule has 0 radical (unpaired) electrons. The van der Waals surface area contributed by atoms with Crippen molar-refractivity contribution < 1.29 is 19.4 Å². The van der Waals surface area contributed by atoms with E-state index in [1.807, 2.05) is 32.0 Å². The number of ether oxygens (including phenoxy) is 1. The normalized spacial score (nSPS) is 11.1. The summed E-state index contributed by atoms with van der Waals surface area (Å²) in [7, 11) is 1.49. The van der Waals surface area contributed by atoms with Crippen LogP contribution in [0.4, 0.5) is 0 Å². The number of carbonyl (C=O) groups is 2. The van der Waals surface area contributed by atoms with E-state index in [0.29, 0.717) is 0 Å². The maximum absolute atomic E-state index is 12.0. The van der Waals surface area contributed by atoms with Gasteiger partial charge in [-0.3, -0.25) is 4.79 Å². The van der Waals surface area contributed by atoms with E-state index in [2.05, 4.69) is 0 Å². The number of amides is 1. The summed E-state index contributed by atoms with van der Waals surface area (Å²) in [6.45, 7) is 7.14. The van der Waals surface area contributed by atoms with Crippen molar-refractivity contribution in [3.05, 3.63) is 29.3 Å². The highest BCUT2D eigenvalue weighted by Gasteiger charge is 2.34. The van der Waals surface area contributed by atoms with Gasteiger partial charge in [-0.15, -0.1) is 0 Å². The molecular weight excluding hydrogens is 270 g/mol. The zero-order valence-electron chi connectivity index (χ0n) is 13.3. The van der Waals surface area contributed by atoms with E-state index in [-0.39, 0.29) is 18.9 Å². The van der Waals surface area contributed by atoms with Crippen molar-refractivity contribution in [2.75, 3.05) is 13.7 Å². The highest BCUT2D eigenvalue weighted by atomic mass is 16.5. The van der Waals surface area contributed by atoms with Crippen LogP contribution in [0.2, 0.25) is 0 Å². The molecule has 0 bridgehead atoms. The number of hydrogen-bond acceptors (Lipinski definition) is 3. The molecule has 1 aromatic carbocycles. The first kappa shape index (κ1) is 17.0. The molecule has 1 aromatic rings. The summed E-state index contributed by atoms with van der Waals surface area (Å²) in [4.78, 5) is 24.4. The Labute approximate surface area is 125 Å². The van der Waals surface area contributed by atoms with Gasteiger partial charge in [0.15, 0.2) is 0 Å². The highest BCUT2D eigenvalue weighted by molar-refractivity contribution is 5.86. The average molecular weight is 293 g/mol. The van der Waals surface area contributed by atoms with Crippen LogP contribution in [-0.2, 0) is 9.59 Å². The van der Waals surface area contributed by atoms with E-state index in [9.17, 15) is 9.59 Å². The first-order valence-electron chi connectivity index (χ1n) is 6.86. The summed E-state index contributed by atoms with van der Waals surface area (Å²) in [5.74, 6) is -0.538. The molecule has 1 rings (SSSR count). The average Bonchev–Trinajstić information content (AvgIpc) is 2.41. The van der Waals surface area contributed by atoms with Gasteiger partial charge in [0, 0.05) is 7.05 Å². The number of carbonyl (C=O) groups excluding carboxylic acids is 1. The molecule has 1 amide bonds. The van der Waals surface area contributed by atoms with Gasteiger partial charge in [0.1, 0.15) is 11.3 Å². The van der Waals surface area contributed by atoms with Gasteiger partial charge in [-0.05, 0) is 44.9 Å². The predicted molar refractivity (Wildman–Crippen MR) is 80.5 cm³/mol. The van der Waals surface area contributed by atoms with E-state index in [1.165, 1.54) is 25.8 Å². The zero-order valence-corrected chi connectivity index (χ0v) is 13.3. The lowest BCUT2D eigenvalue weighted by molar-refractivity contribution is -0.155. The van der Waals surface area contributed by atoms with Crippen LogP contribution in [0.5, 0.6) is 5.75 Å². The molecule has 0 atom stereocenters. The number of rotatable bonds is 6. The third kappa shape index (κ3) is 4.21. The monoisotopic (exact) mass is 293 g/mol. The fourth-order valence-corrected chi connectivity index (χ4v) is 1.73. The summed E-state index contributed by atoms with van der Waals surface area (Å²) < 4.78 is 5.62. The van der Waals surface area contributed by atoms with Crippen LogP contribution in [0.25, 0.3) is 0 Å². The molecule has 5 heteroatoms. The fourth-order valence-electron chi connectivity index (χ4n) is 1.73. The Morgan fingerprint density at radius 1 is 1.29 bits per heavy atom. The molecule has 0 spiro atoms. The van der Waals surface area contributed by atoms with Crippen molar-refractivity contribution >= 4 is 11.9 Å². The predicted octanol–water partition coefficient (Wildman–Crippen LogP) is 2.39. The molecule has 116 valence electrons. The molecule has 0 unspecified atom stereocenters. The van der Waals surface area contributed by atoms with Gasteiger partial charge in [-0.25, -0.2) is 4.79 Å². The van der Waals surface area contributed by atoms with Crippen molar-refractivity contribution in [3.8, 4) is 5.75 Å². The second kappa shape index (κ2) is 6.61. The van der Waals surface area contributed by atoms with Crippen molar-refractivity contribution in [2.45, 2.75) is 39.7 Å². The SMILES string of the molecule is Cc1ccc(C)c(OCCC(=O)N(C)C(C)(C)C(=O)O)c1. The van der Waals surface area contributed by atoms with Crippen molar-refractivity contribution in [3.63, 3.8) is 0 Å². The van der Waals surface area contributed by atoms with E-state index in [1.54, 1.807) is 0 Å². The summed E-state index contributed by atoms with van der Waals surface area (Å²) in [6.07, 6.45) is 0.139. The number of nitrogens with zero attached hydrogens (tertiary/aromatic N) is 1. The lowest BCUT2D eigenvalue weighted by Crippen LogP contribution is -2.51. The van der Waals surface area contributed by atoms with Gasteiger partial charge in [-0.1, -0.05) is 12.1 Å². The quantitative estimate of drug-likeness (QED) is 0.874. The number of aliphatic carboxylic acids is 1. The van der Waals surface area contributed by atoms with Gasteiger partial charge in [0.25, 0.3) is 0 Å². The van der Waals surface area contributed by atoms with Gasteiger partial charge in [0.2, 0.25) is 5.91 Å². The van der Waals surface area contributed by atoms with Crippen LogP contribution >= 0.6 is 0 Å². The third-order valence-corrected chi connectivity index (χ3v) is 3.65. The number of carboxylic acids is 1. The van der Waals surface area contributed by atoms with E-state index in [4.69, 9.17) is 9.84 Å². The molecule has 0 aliphatic rings. The minimum absolute atomic E-state index is 0.139. The summed E-state index contributed by atoms with van der Waals surface area (Å²) in [5.41, 5.74) is 0.870. The van der Waals surface area contributed by atoms with E-state index >= 15 is 0 Å². The number of aryl methyl sites for hydroxylation is 2. The first-order valence-corrected chi connectivity index (χ1v) is 6.86. The molecule has 21 heavy (non-hydrogen) atoms. The summed E-state index contributed by atoms with van der Waals surface area (Å²) in [6, 6.07) is 5.88. The topological polar surface area (TPSA) is 66.8 Å². The maximum atomic E-state index is 12.0. The molecular formula is C16H23NO4. The smallest absolute Gasteiger partial charge is 0.329 e. The Balaban J connectivity index is 2.58. The molecule has 0 fully saturated rings. The fraction of sp³-hybridized carbons (Fsp3) is 0.500. The van der Waals surface area contributed by atoms with E-state index in [0.717, 1.165) is 16.9 Å². The van der Waals surface area contributed by atoms with Gasteiger partial charge in [0.05, 0.1) is 13.0 Å². The lowest BCUT2D eigenvalue weighted by atomic mass is 10.0. The Morgan fingerprint density at radius 2 is 1.90 bits per heavy atom. The summed E-state index contributed by atoms with van der Waals surface area (Å²) >= 11 is 0. The second-order valence-electron chi connectivity index (χ2n) is 5.68. The van der Waals surface area contributed by atoms with Gasteiger partial charge < -0.3 is 14.7 Å². The molecule has 0 aliphatic carbocycles. The minimum Gasteiger partial charge on any atom is -0.493 e. The third-order valence-electron chi connectivity index (χ3n) is 3.65.